The molecule has 2 aromatic carbocycles. The maximum atomic E-state index is 13.2. The van der Waals surface area contributed by atoms with Crippen molar-refractivity contribution >= 4 is 23.3 Å². The van der Waals surface area contributed by atoms with Crippen LogP contribution in [0.1, 0.15) is 16.7 Å². The number of aromatic nitrogens is 2. The molecule has 1 N–H and O–H groups in total. The Morgan fingerprint density at radius 3 is 2.61 bits per heavy atom. The summed E-state index contributed by atoms with van der Waals surface area (Å²) >= 11 is 0. The fourth-order valence-corrected chi connectivity index (χ4v) is 3.24. The SMILES string of the molecule is Cc1ccc(C)c(NC(=O)C(C#N)=Cc2c(Oc3ccccc3)nc3ccccn3c2=O)c1. The molecular weight excluding hydrogens is 416 g/mol. The molecule has 0 spiro atoms. The number of anilines is 1. The summed E-state index contributed by atoms with van der Waals surface area (Å²) in [6, 6.07) is 21.5. The number of hydrogen-bond acceptors (Lipinski definition) is 5. The fourth-order valence-electron chi connectivity index (χ4n) is 3.24. The molecule has 0 radical (unpaired) electrons. The number of para-hydroxylation sites is 1. The van der Waals surface area contributed by atoms with E-state index in [4.69, 9.17) is 4.74 Å². The summed E-state index contributed by atoms with van der Waals surface area (Å²) in [5.74, 6) is -0.156. The minimum Gasteiger partial charge on any atom is -0.438 e. The number of rotatable bonds is 5. The summed E-state index contributed by atoms with van der Waals surface area (Å²) in [4.78, 5) is 30.6. The number of pyridine rings is 1. The summed E-state index contributed by atoms with van der Waals surface area (Å²) in [7, 11) is 0. The van der Waals surface area contributed by atoms with E-state index < -0.39 is 11.5 Å². The lowest BCUT2D eigenvalue weighted by Gasteiger charge is -2.11. The Balaban J connectivity index is 1.80. The van der Waals surface area contributed by atoms with Crippen LogP contribution in [0.3, 0.4) is 0 Å². The highest BCUT2D eigenvalue weighted by atomic mass is 16.5. The van der Waals surface area contributed by atoms with Crippen LogP contribution in [0.25, 0.3) is 11.7 Å². The Bertz CT molecular complexity index is 1480. The number of carbonyl (C=O) groups excluding carboxylic acids is 1. The first-order valence-electron chi connectivity index (χ1n) is 10.2. The molecule has 162 valence electrons. The van der Waals surface area contributed by atoms with E-state index in [1.54, 1.807) is 48.7 Å². The molecule has 0 aliphatic carbocycles. The third kappa shape index (κ3) is 4.65. The van der Waals surface area contributed by atoms with Gasteiger partial charge in [-0.25, -0.2) is 0 Å². The highest BCUT2D eigenvalue weighted by Crippen LogP contribution is 2.24. The van der Waals surface area contributed by atoms with E-state index in [1.165, 1.54) is 10.5 Å². The summed E-state index contributed by atoms with van der Waals surface area (Å²) in [5, 5.41) is 12.4. The molecule has 0 saturated carbocycles. The maximum absolute atomic E-state index is 13.2. The summed E-state index contributed by atoms with van der Waals surface area (Å²) in [6.45, 7) is 3.77. The number of aryl methyl sites for hydroxylation is 2. The predicted octanol–water partition coefficient (Wildman–Crippen LogP) is 4.65. The number of nitrogens with one attached hydrogen (secondary N) is 1. The van der Waals surface area contributed by atoms with E-state index in [0.29, 0.717) is 17.1 Å². The van der Waals surface area contributed by atoms with Crippen LogP contribution in [-0.4, -0.2) is 15.3 Å². The number of carbonyl (C=O) groups is 1. The van der Waals surface area contributed by atoms with Gasteiger partial charge in [-0.1, -0.05) is 36.4 Å². The highest BCUT2D eigenvalue weighted by molar-refractivity contribution is 6.10. The Kier molecular flexibility index (Phi) is 6.00. The fraction of sp³-hybridized carbons (Fsp3) is 0.0769. The van der Waals surface area contributed by atoms with Gasteiger partial charge in [-0.15, -0.1) is 0 Å². The molecule has 0 aliphatic rings. The average Bonchev–Trinajstić information content (AvgIpc) is 2.82. The van der Waals surface area contributed by atoms with Crippen LogP contribution in [-0.2, 0) is 4.79 Å². The Labute approximate surface area is 190 Å². The van der Waals surface area contributed by atoms with Crippen molar-refractivity contribution in [2.75, 3.05) is 5.32 Å². The molecule has 1 amide bonds. The minimum absolute atomic E-state index is 0.00434. The molecule has 0 bridgehead atoms. The van der Waals surface area contributed by atoms with Gasteiger partial charge in [0.15, 0.2) is 0 Å². The monoisotopic (exact) mass is 436 g/mol. The molecule has 4 rings (SSSR count). The lowest BCUT2D eigenvalue weighted by molar-refractivity contribution is -0.112. The van der Waals surface area contributed by atoms with Gasteiger partial charge in [0.1, 0.15) is 28.6 Å². The van der Waals surface area contributed by atoms with Crippen LogP contribution in [0.2, 0.25) is 0 Å². The number of benzene rings is 2. The van der Waals surface area contributed by atoms with Crippen molar-refractivity contribution in [1.82, 2.24) is 9.38 Å². The predicted molar refractivity (Wildman–Crippen MR) is 126 cm³/mol. The summed E-state index contributed by atoms with van der Waals surface area (Å²) in [5.41, 5.74) is 2.08. The molecule has 0 atom stereocenters. The first-order valence-corrected chi connectivity index (χ1v) is 10.2. The van der Waals surface area contributed by atoms with Crippen molar-refractivity contribution in [3.63, 3.8) is 0 Å². The van der Waals surface area contributed by atoms with E-state index >= 15 is 0 Å². The molecular formula is C26H20N4O3. The van der Waals surface area contributed by atoms with Gasteiger partial charge in [0.2, 0.25) is 5.88 Å². The van der Waals surface area contributed by atoms with Gasteiger partial charge in [-0.3, -0.25) is 14.0 Å². The standard InChI is InChI=1S/C26H20N4O3/c1-17-11-12-18(2)22(14-17)28-24(31)19(16-27)15-21-25(33-20-8-4-3-5-9-20)29-23-10-6-7-13-30(23)26(21)32/h3-15H,1-2H3,(H,28,31). The Morgan fingerprint density at radius 1 is 1.09 bits per heavy atom. The number of ether oxygens (including phenoxy) is 1. The molecule has 33 heavy (non-hydrogen) atoms. The minimum atomic E-state index is -0.630. The topological polar surface area (TPSA) is 96.5 Å². The lowest BCUT2D eigenvalue weighted by Crippen LogP contribution is -2.20. The number of amides is 1. The maximum Gasteiger partial charge on any atom is 0.269 e. The van der Waals surface area contributed by atoms with Crippen molar-refractivity contribution in [3.8, 4) is 17.7 Å². The zero-order valence-electron chi connectivity index (χ0n) is 18.1. The van der Waals surface area contributed by atoms with E-state index in [9.17, 15) is 14.9 Å². The van der Waals surface area contributed by atoms with Gasteiger partial charge in [-0.2, -0.15) is 10.2 Å². The van der Waals surface area contributed by atoms with Gasteiger partial charge in [0, 0.05) is 11.9 Å². The van der Waals surface area contributed by atoms with Crippen LogP contribution in [0.5, 0.6) is 11.6 Å². The van der Waals surface area contributed by atoms with E-state index in [2.05, 4.69) is 10.3 Å². The molecule has 0 aliphatic heterocycles. The van der Waals surface area contributed by atoms with E-state index in [-0.39, 0.29) is 17.0 Å². The van der Waals surface area contributed by atoms with Crippen molar-refractivity contribution in [2.45, 2.75) is 13.8 Å². The quantitative estimate of drug-likeness (QED) is 0.363. The molecule has 0 saturated heterocycles. The zero-order chi connectivity index (χ0) is 23.4. The second-order valence-electron chi connectivity index (χ2n) is 7.42. The van der Waals surface area contributed by atoms with Gasteiger partial charge in [0.05, 0.1) is 0 Å². The van der Waals surface area contributed by atoms with Crippen LogP contribution >= 0.6 is 0 Å². The molecule has 0 unspecified atom stereocenters. The first-order chi connectivity index (χ1) is 16.0. The van der Waals surface area contributed by atoms with Crippen LogP contribution in [0.4, 0.5) is 5.69 Å². The molecule has 4 aromatic rings. The zero-order valence-corrected chi connectivity index (χ0v) is 18.1. The molecule has 7 nitrogen and oxygen atoms in total. The van der Waals surface area contributed by atoms with Gasteiger partial charge >= 0.3 is 0 Å². The lowest BCUT2D eigenvalue weighted by atomic mass is 10.1. The van der Waals surface area contributed by atoms with Crippen molar-refractivity contribution in [1.29, 1.82) is 5.26 Å². The summed E-state index contributed by atoms with van der Waals surface area (Å²) < 4.78 is 7.20. The van der Waals surface area contributed by atoms with Gasteiger partial charge in [0.25, 0.3) is 11.5 Å². The van der Waals surface area contributed by atoms with Gasteiger partial charge in [-0.05, 0) is 61.4 Å². The molecule has 7 heteroatoms. The van der Waals surface area contributed by atoms with Crippen molar-refractivity contribution < 1.29 is 9.53 Å². The largest absolute Gasteiger partial charge is 0.438 e. The highest BCUT2D eigenvalue weighted by Gasteiger charge is 2.18. The van der Waals surface area contributed by atoms with Gasteiger partial charge < -0.3 is 10.1 Å². The molecule has 2 aromatic heterocycles. The average molecular weight is 436 g/mol. The van der Waals surface area contributed by atoms with Crippen molar-refractivity contribution in [3.05, 3.63) is 106 Å². The van der Waals surface area contributed by atoms with Crippen LogP contribution in [0, 0.1) is 25.2 Å². The van der Waals surface area contributed by atoms with E-state index in [1.807, 2.05) is 44.2 Å². The normalized spacial score (nSPS) is 11.1. The third-order valence-corrected chi connectivity index (χ3v) is 4.99. The number of fused-ring (bicyclic) bond motifs is 1. The molecule has 0 fully saturated rings. The number of nitriles is 1. The van der Waals surface area contributed by atoms with Crippen molar-refractivity contribution in [2.24, 2.45) is 0 Å². The second kappa shape index (κ2) is 9.20. The third-order valence-electron chi connectivity index (χ3n) is 4.99. The van der Waals surface area contributed by atoms with Crippen LogP contribution < -0.4 is 15.6 Å². The molecule has 2 heterocycles. The first kappa shape index (κ1) is 21.5. The summed E-state index contributed by atoms with van der Waals surface area (Å²) in [6.07, 6.45) is 2.78. The second-order valence-corrected chi connectivity index (χ2v) is 7.42. The van der Waals surface area contributed by atoms with Crippen LogP contribution in [0.15, 0.2) is 83.3 Å². The number of hydrogen-bond donors (Lipinski definition) is 1. The number of nitrogens with zero attached hydrogens (tertiary/aromatic N) is 3. The smallest absolute Gasteiger partial charge is 0.269 e. The van der Waals surface area contributed by atoms with E-state index in [0.717, 1.165) is 11.1 Å². The Morgan fingerprint density at radius 2 is 1.85 bits per heavy atom. The Hall–Kier alpha value is -4.70.